The molecule has 0 aromatic carbocycles. The lowest BCUT2D eigenvalue weighted by Crippen LogP contribution is -2.34. The number of carbonyl (C=O) groups excluding carboxylic acids is 1. The highest BCUT2D eigenvalue weighted by atomic mass is 16.1. The number of Topliss-reactive ketones (excluding diaryl/α,β-unsaturated/α-hetero) is 1. The lowest BCUT2D eigenvalue weighted by atomic mass is 10.3. The number of rotatable bonds is 6. The molecule has 0 atom stereocenters. The Bertz CT molecular complexity index is 134. The minimum Gasteiger partial charge on any atom is -0.308 e. The second-order valence-corrected chi connectivity index (χ2v) is 3.37. The highest BCUT2D eigenvalue weighted by Crippen LogP contribution is 1.88. The molecule has 0 saturated heterocycles. The van der Waals surface area contributed by atoms with Gasteiger partial charge in [0.05, 0.1) is 6.54 Å². The molecule has 0 heterocycles. The highest BCUT2D eigenvalue weighted by Gasteiger charge is 2.04. The fourth-order valence-corrected chi connectivity index (χ4v) is 1.01. The summed E-state index contributed by atoms with van der Waals surface area (Å²) >= 11 is 0. The molecule has 0 aliphatic rings. The highest BCUT2D eigenvalue weighted by molar-refractivity contribution is 5.77. The lowest BCUT2D eigenvalue weighted by molar-refractivity contribution is -0.118. The zero-order valence-corrected chi connectivity index (χ0v) is 8.63. The lowest BCUT2D eigenvalue weighted by Gasteiger charge is -2.20. The molecule has 0 spiro atoms. The molecular formula is C9H20N2O. The molecule has 0 aromatic rings. The third-order valence-electron chi connectivity index (χ3n) is 1.76. The van der Waals surface area contributed by atoms with Crippen molar-refractivity contribution in [3.8, 4) is 0 Å². The first-order valence-electron chi connectivity index (χ1n) is 4.42. The molecule has 3 nitrogen and oxygen atoms in total. The van der Waals surface area contributed by atoms with E-state index in [0.717, 1.165) is 19.6 Å². The van der Waals surface area contributed by atoms with E-state index in [0.29, 0.717) is 6.54 Å². The van der Waals surface area contributed by atoms with E-state index in [2.05, 4.69) is 16.7 Å². The zero-order chi connectivity index (χ0) is 9.56. The van der Waals surface area contributed by atoms with E-state index in [1.165, 1.54) is 0 Å². The number of hydrogen-bond acceptors (Lipinski definition) is 3. The van der Waals surface area contributed by atoms with Crippen LogP contribution >= 0.6 is 0 Å². The second kappa shape index (κ2) is 6.14. The summed E-state index contributed by atoms with van der Waals surface area (Å²) in [5.41, 5.74) is 0. The minimum absolute atomic E-state index is 0.246. The first-order valence-corrected chi connectivity index (χ1v) is 4.42. The normalized spacial score (nSPS) is 11.2. The molecule has 3 heteroatoms. The summed E-state index contributed by atoms with van der Waals surface area (Å²) < 4.78 is 0. The van der Waals surface area contributed by atoms with Gasteiger partial charge in [0.15, 0.2) is 0 Å². The average Bonchev–Trinajstić information content (AvgIpc) is 1.97. The summed E-state index contributed by atoms with van der Waals surface area (Å²) in [6, 6.07) is 0. The third kappa shape index (κ3) is 6.31. The van der Waals surface area contributed by atoms with Crippen LogP contribution in [0.25, 0.3) is 0 Å². The Balaban J connectivity index is 3.60. The van der Waals surface area contributed by atoms with Crippen molar-refractivity contribution in [1.82, 2.24) is 9.80 Å². The number of hydrogen-bond donors (Lipinski definition) is 0. The van der Waals surface area contributed by atoms with E-state index < -0.39 is 0 Å². The van der Waals surface area contributed by atoms with Gasteiger partial charge in [0.2, 0.25) is 0 Å². The maximum absolute atomic E-state index is 10.8. The van der Waals surface area contributed by atoms with Gasteiger partial charge in [0.1, 0.15) is 5.78 Å². The summed E-state index contributed by atoms with van der Waals surface area (Å²) in [5, 5.41) is 0. The van der Waals surface area contributed by atoms with E-state index >= 15 is 0 Å². The topological polar surface area (TPSA) is 23.6 Å². The monoisotopic (exact) mass is 172 g/mol. The first kappa shape index (κ1) is 11.6. The fourth-order valence-electron chi connectivity index (χ4n) is 1.01. The van der Waals surface area contributed by atoms with E-state index in [1.807, 2.05) is 14.1 Å². The van der Waals surface area contributed by atoms with Crippen LogP contribution in [0, 0.1) is 0 Å². The van der Waals surface area contributed by atoms with E-state index in [-0.39, 0.29) is 5.78 Å². The SMILES string of the molecule is CCN(CCN(C)C)CC(C)=O. The van der Waals surface area contributed by atoms with Gasteiger partial charge in [-0.25, -0.2) is 0 Å². The van der Waals surface area contributed by atoms with Crippen molar-refractivity contribution in [2.24, 2.45) is 0 Å². The zero-order valence-electron chi connectivity index (χ0n) is 8.63. The summed E-state index contributed by atoms with van der Waals surface area (Å²) in [5.74, 6) is 0.246. The average molecular weight is 172 g/mol. The molecule has 0 fully saturated rings. The van der Waals surface area contributed by atoms with Crippen LogP contribution in [0.2, 0.25) is 0 Å². The predicted molar refractivity (Wildman–Crippen MR) is 51.3 cm³/mol. The van der Waals surface area contributed by atoms with Crippen molar-refractivity contribution in [2.75, 3.05) is 40.3 Å². The summed E-state index contributed by atoms with van der Waals surface area (Å²) in [4.78, 5) is 15.1. The van der Waals surface area contributed by atoms with Crippen molar-refractivity contribution >= 4 is 5.78 Å². The van der Waals surface area contributed by atoms with Gasteiger partial charge >= 0.3 is 0 Å². The van der Waals surface area contributed by atoms with Crippen LogP contribution in [0.3, 0.4) is 0 Å². The van der Waals surface area contributed by atoms with Crippen LogP contribution in [0.1, 0.15) is 13.8 Å². The number of likely N-dealkylation sites (N-methyl/N-ethyl adjacent to an activating group) is 2. The van der Waals surface area contributed by atoms with Crippen molar-refractivity contribution in [3.05, 3.63) is 0 Å². The summed E-state index contributed by atoms with van der Waals surface area (Å²) in [6.07, 6.45) is 0. The van der Waals surface area contributed by atoms with Crippen LogP contribution in [-0.4, -0.2) is 55.9 Å². The number of nitrogens with zero attached hydrogens (tertiary/aromatic N) is 2. The van der Waals surface area contributed by atoms with Crippen LogP contribution < -0.4 is 0 Å². The third-order valence-corrected chi connectivity index (χ3v) is 1.76. The maximum Gasteiger partial charge on any atom is 0.143 e. The fraction of sp³-hybridized carbons (Fsp3) is 0.889. The largest absolute Gasteiger partial charge is 0.308 e. The van der Waals surface area contributed by atoms with Gasteiger partial charge in [-0.15, -0.1) is 0 Å². The van der Waals surface area contributed by atoms with E-state index in [1.54, 1.807) is 6.92 Å². The maximum atomic E-state index is 10.8. The minimum atomic E-state index is 0.246. The van der Waals surface area contributed by atoms with E-state index in [9.17, 15) is 4.79 Å². The van der Waals surface area contributed by atoms with Gasteiger partial charge in [0.25, 0.3) is 0 Å². The van der Waals surface area contributed by atoms with Gasteiger partial charge in [-0.1, -0.05) is 6.92 Å². The molecule has 0 bridgehead atoms. The Morgan fingerprint density at radius 1 is 1.25 bits per heavy atom. The van der Waals surface area contributed by atoms with E-state index in [4.69, 9.17) is 0 Å². The molecule has 12 heavy (non-hydrogen) atoms. The second-order valence-electron chi connectivity index (χ2n) is 3.37. The molecule has 0 aliphatic carbocycles. The first-order chi connectivity index (χ1) is 5.56. The van der Waals surface area contributed by atoms with Gasteiger partial charge in [0, 0.05) is 13.1 Å². The Labute approximate surface area is 75.3 Å². The molecule has 0 rings (SSSR count). The Kier molecular flexibility index (Phi) is 5.93. The van der Waals surface area contributed by atoms with Crippen LogP contribution in [-0.2, 0) is 4.79 Å². The molecule has 0 unspecified atom stereocenters. The number of ketones is 1. The van der Waals surface area contributed by atoms with Crippen molar-refractivity contribution in [2.45, 2.75) is 13.8 Å². The van der Waals surface area contributed by atoms with Gasteiger partial charge in [-0.3, -0.25) is 9.69 Å². The van der Waals surface area contributed by atoms with Gasteiger partial charge in [-0.05, 0) is 27.6 Å². The van der Waals surface area contributed by atoms with Crippen molar-refractivity contribution < 1.29 is 4.79 Å². The molecule has 0 saturated carbocycles. The van der Waals surface area contributed by atoms with Crippen LogP contribution in [0.15, 0.2) is 0 Å². The standard InChI is InChI=1S/C9H20N2O/c1-5-11(8-9(2)12)7-6-10(3)4/h5-8H2,1-4H3. The Morgan fingerprint density at radius 3 is 2.17 bits per heavy atom. The predicted octanol–water partition coefficient (Wildman–Crippen LogP) is 0.459. The van der Waals surface area contributed by atoms with Crippen LogP contribution in [0.4, 0.5) is 0 Å². The molecule has 72 valence electrons. The molecule has 0 aliphatic heterocycles. The molecular weight excluding hydrogens is 152 g/mol. The molecule has 0 N–H and O–H groups in total. The summed E-state index contributed by atoms with van der Waals surface area (Å²) in [7, 11) is 4.09. The Morgan fingerprint density at radius 2 is 1.83 bits per heavy atom. The molecule has 0 amide bonds. The van der Waals surface area contributed by atoms with Crippen molar-refractivity contribution in [3.63, 3.8) is 0 Å². The summed E-state index contributed by atoms with van der Waals surface area (Å²) in [6.45, 7) is 7.25. The van der Waals surface area contributed by atoms with Gasteiger partial charge in [-0.2, -0.15) is 0 Å². The smallest absolute Gasteiger partial charge is 0.143 e. The number of carbonyl (C=O) groups is 1. The van der Waals surface area contributed by atoms with Crippen molar-refractivity contribution in [1.29, 1.82) is 0 Å². The molecule has 0 radical (unpaired) electrons. The van der Waals surface area contributed by atoms with Crippen LogP contribution in [0.5, 0.6) is 0 Å². The van der Waals surface area contributed by atoms with Gasteiger partial charge < -0.3 is 4.90 Å². The quantitative estimate of drug-likeness (QED) is 0.581. The Hall–Kier alpha value is -0.410. The molecule has 0 aromatic heterocycles.